The van der Waals surface area contributed by atoms with Crippen molar-refractivity contribution in [2.45, 2.75) is 77.3 Å². The molecule has 0 aliphatic carbocycles. The van der Waals surface area contributed by atoms with Gasteiger partial charge in [0.15, 0.2) is 0 Å². The number of ether oxygens (including phenoxy) is 1. The van der Waals surface area contributed by atoms with Crippen molar-refractivity contribution in [3.8, 4) is 0 Å². The lowest BCUT2D eigenvalue weighted by Crippen LogP contribution is -2.36. The predicted octanol–water partition coefficient (Wildman–Crippen LogP) is 1.60. The molecule has 5 atom stereocenters. The second-order valence-corrected chi connectivity index (χ2v) is 7.85. The van der Waals surface area contributed by atoms with Crippen molar-refractivity contribution in [3.63, 3.8) is 0 Å². The third kappa shape index (κ3) is 7.61. The Balaban J connectivity index is 2.45. The monoisotopic (exact) mass is 353 g/mol. The Labute approximate surface area is 138 Å². The largest absolute Gasteiger partial charge is 0.756 e. The molecule has 7 nitrogen and oxygen atoms in total. The minimum Gasteiger partial charge on any atom is -0.756 e. The van der Waals surface area contributed by atoms with Crippen LogP contribution in [0.15, 0.2) is 0 Å². The highest BCUT2D eigenvalue weighted by Crippen LogP contribution is 2.44. The lowest BCUT2D eigenvalue weighted by molar-refractivity contribution is -0.233. The smallest absolute Gasteiger partial charge is 0.268 e. The van der Waals surface area contributed by atoms with Crippen molar-refractivity contribution in [1.82, 2.24) is 0 Å². The minimum atomic E-state index is -4.48. The number of hydrogen-bond donors (Lipinski definition) is 2. The number of rotatable bonds is 11. The fourth-order valence-corrected chi connectivity index (χ4v) is 3.60. The van der Waals surface area contributed by atoms with Crippen molar-refractivity contribution >= 4 is 7.82 Å². The Kier molecular flexibility index (Phi) is 9.23. The summed E-state index contributed by atoms with van der Waals surface area (Å²) in [5.74, 6) is 0.294. The Morgan fingerprint density at radius 2 is 1.91 bits per heavy atom. The molecule has 0 spiro atoms. The Morgan fingerprint density at radius 3 is 2.52 bits per heavy atom. The molecule has 0 amide bonds. The molecule has 1 aliphatic heterocycles. The van der Waals surface area contributed by atoms with Gasteiger partial charge in [-0.2, -0.15) is 0 Å². The summed E-state index contributed by atoms with van der Waals surface area (Å²) in [5, 5.41) is 18.7. The van der Waals surface area contributed by atoms with Gasteiger partial charge in [0, 0.05) is 6.61 Å². The number of aliphatic hydroxyl groups excluding tert-OH is 2. The van der Waals surface area contributed by atoms with Crippen molar-refractivity contribution in [2.75, 3.05) is 13.2 Å². The summed E-state index contributed by atoms with van der Waals surface area (Å²) >= 11 is 0. The summed E-state index contributed by atoms with van der Waals surface area (Å²) in [6, 6.07) is 0. The quantitative estimate of drug-likeness (QED) is 0.429. The Bertz CT molecular complexity index is 375. The molecule has 0 radical (unpaired) electrons. The van der Waals surface area contributed by atoms with E-state index in [-0.39, 0.29) is 13.2 Å². The summed E-state index contributed by atoms with van der Waals surface area (Å²) in [6.45, 7) is 5.86. The van der Waals surface area contributed by atoms with E-state index in [0.29, 0.717) is 25.2 Å². The number of phosphoric acid groups is 1. The number of hydrogen-bond acceptors (Lipinski definition) is 7. The van der Waals surface area contributed by atoms with Crippen molar-refractivity contribution in [3.05, 3.63) is 0 Å². The van der Waals surface area contributed by atoms with Crippen LogP contribution in [0.3, 0.4) is 0 Å². The molecule has 2 N–H and O–H groups in total. The first-order valence-corrected chi connectivity index (χ1v) is 9.81. The first-order valence-electron chi connectivity index (χ1n) is 8.35. The molecule has 1 saturated heterocycles. The van der Waals surface area contributed by atoms with Crippen molar-refractivity contribution in [1.29, 1.82) is 0 Å². The zero-order chi connectivity index (χ0) is 17.5. The van der Waals surface area contributed by atoms with Crippen LogP contribution in [0.25, 0.3) is 0 Å². The molecule has 0 saturated carbocycles. The lowest BCUT2D eigenvalue weighted by Gasteiger charge is -2.30. The van der Waals surface area contributed by atoms with Gasteiger partial charge < -0.3 is 28.9 Å². The third-order valence-corrected chi connectivity index (χ3v) is 4.83. The molecule has 1 fully saturated rings. The SMILES string of the molecule is CC(C)C[C@H]1O[C@@H](C)[C@H](O)[C@@H]1OP(=O)([O-])OCCCCCCO. The number of unbranched alkanes of at least 4 members (excludes halogenated alkanes) is 3. The highest BCUT2D eigenvalue weighted by atomic mass is 31.2. The van der Waals surface area contributed by atoms with Crippen LogP contribution < -0.4 is 4.89 Å². The summed E-state index contributed by atoms with van der Waals surface area (Å²) in [4.78, 5) is 11.9. The maximum absolute atomic E-state index is 11.9. The van der Waals surface area contributed by atoms with Crippen LogP contribution in [-0.4, -0.2) is 47.8 Å². The highest BCUT2D eigenvalue weighted by molar-refractivity contribution is 7.45. The minimum absolute atomic E-state index is 0.0419. The van der Waals surface area contributed by atoms with Crippen LogP contribution in [-0.2, 0) is 18.3 Å². The summed E-state index contributed by atoms with van der Waals surface area (Å²) in [7, 11) is -4.48. The van der Waals surface area contributed by atoms with Crippen molar-refractivity contribution in [2.24, 2.45) is 5.92 Å². The summed E-state index contributed by atoms with van der Waals surface area (Å²) < 4.78 is 27.5. The molecule has 1 heterocycles. The van der Waals surface area contributed by atoms with Gasteiger partial charge in [-0.25, -0.2) is 0 Å². The maximum atomic E-state index is 11.9. The van der Waals surface area contributed by atoms with Crippen LogP contribution in [0.2, 0.25) is 0 Å². The van der Waals surface area contributed by atoms with E-state index < -0.39 is 32.2 Å². The lowest BCUT2D eigenvalue weighted by atomic mass is 10.00. The molecule has 0 aromatic rings. The van der Waals surface area contributed by atoms with E-state index in [1.54, 1.807) is 6.92 Å². The van der Waals surface area contributed by atoms with Crippen LogP contribution in [0.1, 0.15) is 52.9 Å². The highest BCUT2D eigenvalue weighted by Gasteiger charge is 2.44. The second-order valence-electron chi connectivity index (χ2n) is 6.49. The van der Waals surface area contributed by atoms with E-state index in [9.17, 15) is 14.6 Å². The third-order valence-electron chi connectivity index (χ3n) is 3.83. The molecule has 138 valence electrons. The van der Waals surface area contributed by atoms with Gasteiger partial charge in [0.25, 0.3) is 7.82 Å². The topological polar surface area (TPSA) is 108 Å². The van der Waals surface area contributed by atoms with Gasteiger partial charge in [0.2, 0.25) is 0 Å². The molecule has 8 heteroatoms. The van der Waals surface area contributed by atoms with Crippen molar-refractivity contribution < 1.29 is 33.5 Å². The average Bonchev–Trinajstić information content (AvgIpc) is 2.69. The first-order chi connectivity index (χ1) is 10.8. The molecule has 0 bridgehead atoms. The van der Waals surface area contributed by atoms with Gasteiger partial charge in [-0.3, -0.25) is 4.57 Å². The fraction of sp³-hybridized carbons (Fsp3) is 1.00. The molecular weight excluding hydrogens is 323 g/mol. The predicted molar refractivity (Wildman–Crippen MR) is 83.8 cm³/mol. The van der Waals surface area contributed by atoms with E-state index in [0.717, 1.165) is 12.8 Å². The number of phosphoric ester groups is 1. The molecule has 23 heavy (non-hydrogen) atoms. The van der Waals surface area contributed by atoms with E-state index in [2.05, 4.69) is 0 Å². The normalized spacial score (nSPS) is 30.7. The van der Waals surface area contributed by atoms with E-state index >= 15 is 0 Å². The summed E-state index contributed by atoms with van der Waals surface area (Å²) in [5.41, 5.74) is 0. The Morgan fingerprint density at radius 1 is 1.26 bits per heavy atom. The van der Waals surface area contributed by atoms with Gasteiger partial charge >= 0.3 is 0 Å². The van der Waals surface area contributed by atoms with Gasteiger partial charge in [-0.05, 0) is 32.1 Å². The van der Waals surface area contributed by atoms with E-state index in [1.165, 1.54) is 0 Å². The standard InChI is InChI=1S/C15H31O7P/c1-11(2)10-13-15(14(17)12(3)21-13)22-23(18,19)20-9-7-5-4-6-8-16/h11-17H,4-10H2,1-3H3,(H,18,19)/p-1/t12-,13+,14-,15+/m0/s1. The zero-order valence-corrected chi connectivity index (χ0v) is 15.1. The average molecular weight is 353 g/mol. The second kappa shape index (κ2) is 10.1. The molecule has 0 aromatic carbocycles. The van der Waals surface area contributed by atoms with Gasteiger partial charge in [0.1, 0.15) is 12.2 Å². The van der Waals surface area contributed by atoms with Crippen LogP contribution in [0, 0.1) is 5.92 Å². The Hall–Kier alpha value is -0.0100. The van der Waals surface area contributed by atoms with Crippen LogP contribution >= 0.6 is 7.82 Å². The molecule has 0 aromatic heterocycles. The van der Waals surface area contributed by atoms with Crippen LogP contribution in [0.5, 0.6) is 0 Å². The fourth-order valence-electron chi connectivity index (χ4n) is 2.63. The van der Waals surface area contributed by atoms with Gasteiger partial charge in [-0.15, -0.1) is 0 Å². The zero-order valence-electron chi connectivity index (χ0n) is 14.2. The maximum Gasteiger partial charge on any atom is 0.268 e. The van der Waals surface area contributed by atoms with Gasteiger partial charge in [-0.1, -0.05) is 26.7 Å². The molecule has 1 rings (SSSR count). The van der Waals surface area contributed by atoms with E-state index in [4.69, 9.17) is 18.9 Å². The molecule has 1 unspecified atom stereocenters. The first kappa shape index (κ1) is 21.0. The molecular formula is C15H30O7P-. The van der Waals surface area contributed by atoms with E-state index in [1.807, 2.05) is 13.8 Å². The molecule has 1 aliphatic rings. The summed E-state index contributed by atoms with van der Waals surface area (Å²) in [6.07, 6.45) is 0.636. The van der Waals surface area contributed by atoms with Gasteiger partial charge in [0.05, 0.1) is 18.8 Å². The van der Waals surface area contributed by atoms with Crippen LogP contribution in [0.4, 0.5) is 0 Å². The number of aliphatic hydroxyl groups is 2.